The van der Waals surface area contributed by atoms with Gasteiger partial charge in [-0.3, -0.25) is 0 Å². The Morgan fingerprint density at radius 3 is 2.94 bits per heavy atom. The van der Waals surface area contributed by atoms with Gasteiger partial charge in [0.15, 0.2) is 0 Å². The number of benzene rings is 1. The second-order valence-electron chi connectivity index (χ2n) is 3.41. The van der Waals surface area contributed by atoms with E-state index in [0.29, 0.717) is 11.4 Å². The topological polar surface area (TPSA) is 45.9 Å². The van der Waals surface area contributed by atoms with E-state index in [2.05, 4.69) is 4.98 Å². The Morgan fingerprint density at radius 1 is 1.29 bits per heavy atom. The minimum absolute atomic E-state index is 0.278. The first-order valence-electron chi connectivity index (χ1n) is 5.01. The highest BCUT2D eigenvalue weighted by Crippen LogP contribution is 2.14. The quantitative estimate of drug-likeness (QED) is 0.811. The molecule has 0 fully saturated rings. The van der Waals surface area contributed by atoms with E-state index in [4.69, 9.17) is 10.00 Å². The SMILES string of the molecule is N#Cc1cc(COc2cccc(F)c2)ccn1. The Labute approximate surface area is 98.1 Å². The molecule has 0 spiro atoms. The zero-order chi connectivity index (χ0) is 12.1. The molecule has 0 bridgehead atoms. The molecule has 0 radical (unpaired) electrons. The fourth-order valence-corrected chi connectivity index (χ4v) is 1.35. The first-order valence-corrected chi connectivity index (χ1v) is 5.01. The standard InChI is InChI=1S/C13H9FN2O/c14-11-2-1-3-13(7-11)17-9-10-4-5-16-12(6-10)8-15/h1-7H,9H2. The van der Waals surface area contributed by atoms with E-state index < -0.39 is 0 Å². The zero-order valence-corrected chi connectivity index (χ0v) is 8.93. The average molecular weight is 228 g/mol. The predicted molar refractivity (Wildman–Crippen MR) is 59.7 cm³/mol. The molecule has 84 valence electrons. The Bertz CT molecular complexity index is 563. The maximum absolute atomic E-state index is 12.9. The largest absolute Gasteiger partial charge is 0.489 e. The molecule has 2 aromatic rings. The van der Waals surface area contributed by atoms with E-state index >= 15 is 0 Å². The molecule has 17 heavy (non-hydrogen) atoms. The second kappa shape index (κ2) is 5.08. The molecule has 0 unspecified atom stereocenters. The van der Waals surface area contributed by atoms with Gasteiger partial charge in [-0.05, 0) is 29.8 Å². The Balaban J connectivity index is 2.05. The maximum atomic E-state index is 12.9. The molecule has 1 aromatic carbocycles. The van der Waals surface area contributed by atoms with Crippen LogP contribution in [-0.4, -0.2) is 4.98 Å². The van der Waals surface area contributed by atoms with Crippen molar-refractivity contribution in [2.45, 2.75) is 6.61 Å². The Kier molecular flexibility index (Phi) is 3.31. The van der Waals surface area contributed by atoms with Crippen LogP contribution in [0.15, 0.2) is 42.6 Å². The van der Waals surface area contributed by atoms with Crippen LogP contribution in [0.3, 0.4) is 0 Å². The fourth-order valence-electron chi connectivity index (χ4n) is 1.35. The van der Waals surface area contributed by atoms with Crippen LogP contribution >= 0.6 is 0 Å². The van der Waals surface area contributed by atoms with Crippen molar-refractivity contribution in [1.82, 2.24) is 4.98 Å². The van der Waals surface area contributed by atoms with Crippen LogP contribution < -0.4 is 4.74 Å². The molecule has 0 N–H and O–H groups in total. The van der Waals surface area contributed by atoms with E-state index in [1.54, 1.807) is 30.5 Å². The number of nitrogens with zero attached hydrogens (tertiary/aromatic N) is 2. The Hall–Kier alpha value is -2.41. The summed E-state index contributed by atoms with van der Waals surface area (Å²) >= 11 is 0. The molecule has 0 aliphatic carbocycles. The third-order valence-corrected chi connectivity index (χ3v) is 2.14. The lowest BCUT2D eigenvalue weighted by Crippen LogP contribution is -1.97. The molecule has 2 rings (SSSR count). The van der Waals surface area contributed by atoms with E-state index in [9.17, 15) is 4.39 Å². The van der Waals surface area contributed by atoms with E-state index in [0.717, 1.165) is 5.56 Å². The summed E-state index contributed by atoms with van der Waals surface area (Å²) in [7, 11) is 0. The summed E-state index contributed by atoms with van der Waals surface area (Å²) in [6, 6.07) is 11.3. The van der Waals surface area contributed by atoms with Gasteiger partial charge in [-0.1, -0.05) is 6.07 Å². The lowest BCUT2D eigenvalue weighted by Gasteiger charge is -2.06. The van der Waals surface area contributed by atoms with Crippen molar-refractivity contribution in [2.24, 2.45) is 0 Å². The van der Waals surface area contributed by atoms with Crippen molar-refractivity contribution in [3.05, 3.63) is 59.7 Å². The number of hydrogen-bond donors (Lipinski definition) is 0. The predicted octanol–water partition coefficient (Wildman–Crippen LogP) is 2.67. The van der Waals surface area contributed by atoms with Crippen molar-refractivity contribution in [3.8, 4) is 11.8 Å². The first-order chi connectivity index (χ1) is 8.28. The molecule has 0 saturated carbocycles. The van der Waals surface area contributed by atoms with Gasteiger partial charge < -0.3 is 4.74 Å². The van der Waals surface area contributed by atoms with Gasteiger partial charge in [0, 0.05) is 12.3 Å². The fraction of sp³-hybridized carbons (Fsp3) is 0.0769. The van der Waals surface area contributed by atoms with Gasteiger partial charge in [0.05, 0.1) is 0 Å². The molecular formula is C13H9FN2O. The molecule has 0 saturated heterocycles. The lowest BCUT2D eigenvalue weighted by molar-refractivity contribution is 0.304. The van der Waals surface area contributed by atoms with Crippen LogP contribution in [0.2, 0.25) is 0 Å². The number of rotatable bonds is 3. The van der Waals surface area contributed by atoms with E-state index in [-0.39, 0.29) is 12.4 Å². The number of pyridine rings is 1. The van der Waals surface area contributed by atoms with Gasteiger partial charge in [0.25, 0.3) is 0 Å². The monoisotopic (exact) mass is 228 g/mol. The van der Waals surface area contributed by atoms with Crippen molar-refractivity contribution < 1.29 is 9.13 Å². The molecule has 1 aromatic heterocycles. The summed E-state index contributed by atoms with van der Waals surface area (Å²) < 4.78 is 18.3. The summed E-state index contributed by atoms with van der Waals surface area (Å²) in [5, 5.41) is 8.68. The minimum Gasteiger partial charge on any atom is -0.489 e. The molecule has 1 heterocycles. The van der Waals surface area contributed by atoms with Gasteiger partial charge in [-0.2, -0.15) is 5.26 Å². The number of nitriles is 1. The van der Waals surface area contributed by atoms with Gasteiger partial charge in [-0.25, -0.2) is 9.37 Å². The van der Waals surface area contributed by atoms with Gasteiger partial charge >= 0.3 is 0 Å². The number of halogens is 1. The van der Waals surface area contributed by atoms with Crippen molar-refractivity contribution in [2.75, 3.05) is 0 Å². The average Bonchev–Trinajstić information content (AvgIpc) is 2.37. The molecule has 0 aliphatic rings. The Morgan fingerprint density at radius 2 is 2.18 bits per heavy atom. The number of aromatic nitrogens is 1. The third kappa shape index (κ3) is 3.02. The molecular weight excluding hydrogens is 219 g/mol. The smallest absolute Gasteiger partial charge is 0.140 e. The molecule has 0 amide bonds. The molecule has 3 nitrogen and oxygen atoms in total. The summed E-state index contributed by atoms with van der Waals surface area (Å²) in [4.78, 5) is 3.85. The normalized spacial score (nSPS) is 9.65. The minimum atomic E-state index is -0.338. The van der Waals surface area contributed by atoms with E-state index in [1.807, 2.05) is 6.07 Å². The number of ether oxygens (including phenoxy) is 1. The van der Waals surface area contributed by atoms with Crippen LogP contribution in [0.1, 0.15) is 11.3 Å². The summed E-state index contributed by atoms with van der Waals surface area (Å²) in [6.07, 6.45) is 1.54. The van der Waals surface area contributed by atoms with Crippen molar-refractivity contribution >= 4 is 0 Å². The van der Waals surface area contributed by atoms with Crippen molar-refractivity contribution in [3.63, 3.8) is 0 Å². The van der Waals surface area contributed by atoms with Gasteiger partial charge in [0.1, 0.15) is 29.9 Å². The van der Waals surface area contributed by atoms with Crippen LogP contribution in [0.4, 0.5) is 4.39 Å². The van der Waals surface area contributed by atoms with Crippen LogP contribution in [0, 0.1) is 17.1 Å². The van der Waals surface area contributed by atoms with Crippen molar-refractivity contribution in [1.29, 1.82) is 5.26 Å². The van der Waals surface area contributed by atoms with Crippen LogP contribution in [0.25, 0.3) is 0 Å². The van der Waals surface area contributed by atoms with Gasteiger partial charge in [-0.15, -0.1) is 0 Å². The van der Waals surface area contributed by atoms with E-state index in [1.165, 1.54) is 12.1 Å². The summed E-state index contributed by atoms with van der Waals surface area (Å²) in [5.41, 5.74) is 1.16. The number of hydrogen-bond acceptors (Lipinski definition) is 3. The highest BCUT2D eigenvalue weighted by molar-refractivity contribution is 5.26. The zero-order valence-electron chi connectivity index (χ0n) is 8.93. The lowest BCUT2D eigenvalue weighted by atomic mass is 10.2. The van der Waals surface area contributed by atoms with Crippen LogP contribution in [-0.2, 0) is 6.61 Å². The first kappa shape index (κ1) is 11.1. The highest BCUT2D eigenvalue weighted by Gasteiger charge is 1.99. The van der Waals surface area contributed by atoms with Crippen LogP contribution in [0.5, 0.6) is 5.75 Å². The van der Waals surface area contributed by atoms with Gasteiger partial charge in [0.2, 0.25) is 0 Å². The summed E-state index contributed by atoms with van der Waals surface area (Å²) in [5.74, 6) is 0.121. The maximum Gasteiger partial charge on any atom is 0.140 e. The summed E-state index contributed by atoms with van der Waals surface area (Å²) in [6.45, 7) is 0.278. The molecule has 0 atom stereocenters. The molecule has 4 heteroatoms. The second-order valence-corrected chi connectivity index (χ2v) is 3.41. The highest BCUT2D eigenvalue weighted by atomic mass is 19.1. The third-order valence-electron chi connectivity index (χ3n) is 2.14. The molecule has 0 aliphatic heterocycles.